The third-order valence-corrected chi connectivity index (χ3v) is 7.86. The van der Waals surface area contributed by atoms with Crippen molar-refractivity contribution in [2.24, 2.45) is 0 Å². The van der Waals surface area contributed by atoms with Crippen LogP contribution < -0.4 is 5.32 Å². The minimum atomic E-state index is -0.0942. The van der Waals surface area contributed by atoms with E-state index < -0.39 is 0 Å². The van der Waals surface area contributed by atoms with Crippen molar-refractivity contribution in [3.8, 4) is 11.3 Å². The smallest absolute Gasteiger partial charge is 0.228 e. The van der Waals surface area contributed by atoms with Crippen LogP contribution in [0.1, 0.15) is 41.8 Å². The molecule has 1 fully saturated rings. The number of benzene rings is 3. The number of rotatable bonds is 10. The Hall–Kier alpha value is -4.00. The predicted molar refractivity (Wildman–Crippen MR) is 165 cm³/mol. The number of fused-ring (bicyclic) bond motifs is 1. The lowest BCUT2D eigenvalue weighted by atomic mass is 10.1. The molecule has 208 valence electrons. The van der Waals surface area contributed by atoms with Gasteiger partial charge in [-0.3, -0.25) is 4.79 Å². The molecule has 5 aromatic rings. The van der Waals surface area contributed by atoms with E-state index in [0.717, 1.165) is 40.4 Å². The lowest BCUT2D eigenvalue weighted by Gasteiger charge is -2.13. The number of amides is 1. The zero-order valence-electron chi connectivity index (χ0n) is 23.1. The van der Waals surface area contributed by atoms with Crippen LogP contribution in [-0.2, 0) is 24.1 Å². The Morgan fingerprint density at radius 3 is 2.46 bits per heavy atom. The predicted octanol–water partition coefficient (Wildman–Crippen LogP) is 6.85. The van der Waals surface area contributed by atoms with Gasteiger partial charge in [0.2, 0.25) is 5.91 Å². The number of anilines is 1. The van der Waals surface area contributed by atoms with Gasteiger partial charge in [0.15, 0.2) is 11.5 Å². The molecule has 1 aliphatic heterocycles. The van der Waals surface area contributed by atoms with Crippen molar-refractivity contribution in [2.45, 2.75) is 38.5 Å². The molecule has 3 heterocycles. The highest BCUT2D eigenvalue weighted by Crippen LogP contribution is 2.24. The Bertz CT molecular complexity index is 1640. The maximum Gasteiger partial charge on any atom is 0.228 e. The van der Waals surface area contributed by atoms with Gasteiger partial charge in [0.1, 0.15) is 0 Å². The molecule has 1 N–H and O–H groups in total. The Kier molecular flexibility index (Phi) is 8.40. The van der Waals surface area contributed by atoms with Gasteiger partial charge in [0, 0.05) is 22.7 Å². The fraction of sp³-hybridized carbons (Fsp3) is 0.265. The molecule has 6 nitrogen and oxygen atoms in total. The van der Waals surface area contributed by atoms with Crippen LogP contribution in [0.3, 0.4) is 0 Å². The van der Waals surface area contributed by atoms with Crippen molar-refractivity contribution in [1.29, 1.82) is 0 Å². The number of carbonyl (C=O) groups is 1. The highest BCUT2D eigenvalue weighted by molar-refractivity contribution is 6.30. The number of nitrogens with one attached hydrogen (secondary N) is 1. The molecule has 1 amide bonds. The second kappa shape index (κ2) is 12.7. The lowest BCUT2D eigenvalue weighted by molar-refractivity contribution is -0.115. The summed E-state index contributed by atoms with van der Waals surface area (Å²) in [6.45, 7) is 3.73. The monoisotopic (exact) mass is 563 g/mol. The fourth-order valence-electron chi connectivity index (χ4n) is 5.56. The summed E-state index contributed by atoms with van der Waals surface area (Å²) in [5, 5.41) is 8.49. The molecule has 1 saturated heterocycles. The van der Waals surface area contributed by atoms with Gasteiger partial charge in [-0.05, 0) is 98.4 Å². The number of aromatic nitrogens is 3. The number of nitrogens with zero attached hydrogens (tertiary/aromatic N) is 4. The van der Waals surface area contributed by atoms with E-state index in [0.29, 0.717) is 11.4 Å². The lowest BCUT2D eigenvalue weighted by Crippen LogP contribution is -2.20. The standard InChI is InChI=1S/C34H34ClN5O/c35-29-10-3-7-27(21-29)23-34(41)36-30-11-4-9-28(24-30)31-12-5-13-33-37-32(38-40(31)33)22-26-16-14-25(15-17-26)8-6-20-39-18-1-2-19-39/h3-5,7,9-17,21,24H,1-2,6,8,18-20,22-23H2,(H,36,41). The second-order valence-corrected chi connectivity index (χ2v) is 11.2. The van der Waals surface area contributed by atoms with Crippen LogP contribution in [0.15, 0.2) is 91.0 Å². The van der Waals surface area contributed by atoms with Gasteiger partial charge in [-0.1, -0.05) is 66.2 Å². The minimum Gasteiger partial charge on any atom is -0.326 e. The number of pyridine rings is 1. The van der Waals surface area contributed by atoms with Crippen molar-refractivity contribution in [1.82, 2.24) is 19.5 Å². The molecular formula is C34H34ClN5O. The SMILES string of the molecule is O=C(Cc1cccc(Cl)c1)Nc1cccc(-c2cccc3nc(Cc4ccc(CCCN5CCCC5)cc4)nn23)c1. The first-order valence-electron chi connectivity index (χ1n) is 14.4. The summed E-state index contributed by atoms with van der Waals surface area (Å²) in [5.74, 6) is 0.688. The van der Waals surface area contributed by atoms with Gasteiger partial charge < -0.3 is 10.2 Å². The summed E-state index contributed by atoms with van der Waals surface area (Å²) in [4.78, 5) is 20.1. The summed E-state index contributed by atoms with van der Waals surface area (Å²) in [7, 11) is 0. The number of aryl methyl sites for hydroxylation is 1. The van der Waals surface area contributed by atoms with Crippen molar-refractivity contribution >= 4 is 28.8 Å². The summed E-state index contributed by atoms with van der Waals surface area (Å²) < 4.78 is 1.88. The summed E-state index contributed by atoms with van der Waals surface area (Å²) >= 11 is 6.07. The average Bonchev–Trinajstić information content (AvgIpc) is 3.64. The van der Waals surface area contributed by atoms with Gasteiger partial charge in [0.25, 0.3) is 0 Å². The molecule has 0 bridgehead atoms. The highest BCUT2D eigenvalue weighted by atomic mass is 35.5. The van der Waals surface area contributed by atoms with E-state index >= 15 is 0 Å². The van der Waals surface area contributed by atoms with E-state index in [1.807, 2.05) is 65.2 Å². The molecule has 0 atom stereocenters. The molecule has 0 spiro atoms. The van der Waals surface area contributed by atoms with Crippen molar-refractivity contribution in [3.05, 3.63) is 119 Å². The quantitative estimate of drug-likeness (QED) is 0.202. The van der Waals surface area contributed by atoms with Gasteiger partial charge in [0.05, 0.1) is 12.1 Å². The van der Waals surface area contributed by atoms with Gasteiger partial charge >= 0.3 is 0 Å². The fourth-order valence-corrected chi connectivity index (χ4v) is 5.77. The van der Waals surface area contributed by atoms with Crippen LogP contribution in [0.5, 0.6) is 0 Å². The molecule has 3 aromatic carbocycles. The summed E-state index contributed by atoms with van der Waals surface area (Å²) in [6, 6.07) is 30.1. The van der Waals surface area contributed by atoms with E-state index in [1.54, 1.807) is 6.07 Å². The third-order valence-electron chi connectivity index (χ3n) is 7.62. The molecule has 0 aliphatic carbocycles. The highest BCUT2D eigenvalue weighted by Gasteiger charge is 2.13. The van der Waals surface area contributed by atoms with Crippen molar-refractivity contribution < 1.29 is 4.79 Å². The Morgan fingerprint density at radius 1 is 0.854 bits per heavy atom. The second-order valence-electron chi connectivity index (χ2n) is 10.8. The van der Waals surface area contributed by atoms with Crippen LogP contribution in [0.4, 0.5) is 5.69 Å². The van der Waals surface area contributed by atoms with E-state index in [4.69, 9.17) is 21.7 Å². The summed E-state index contributed by atoms with van der Waals surface area (Å²) in [6.07, 6.45) is 5.96. The Balaban J connectivity index is 1.12. The minimum absolute atomic E-state index is 0.0942. The number of halogens is 1. The largest absolute Gasteiger partial charge is 0.326 e. The molecule has 6 rings (SSSR count). The van der Waals surface area contributed by atoms with Crippen molar-refractivity contribution in [3.63, 3.8) is 0 Å². The van der Waals surface area contributed by atoms with Gasteiger partial charge in [-0.15, -0.1) is 0 Å². The molecule has 7 heteroatoms. The molecule has 0 saturated carbocycles. The zero-order valence-corrected chi connectivity index (χ0v) is 23.9. The first kappa shape index (κ1) is 27.2. The van der Waals surface area contributed by atoms with Crippen molar-refractivity contribution in [2.75, 3.05) is 25.0 Å². The number of hydrogen-bond acceptors (Lipinski definition) is 4. The first-order valence-corrected chi connectivity index (χ1v) is 14.8. The van der Waals surface area contributed by atoms with Crippen LogP contribution in [-0.4, -0.2) is 45.0 Å². The summed E-state index contributed by atoms with van der Waals surface area (Å²) in [5.41, 5.74) is 6.86. The average molecular weight is 564 g/mol. The Labute approximate surface area is 246 Å². The first-order chi connectivity index (χ1) is 20.1. The molecule has 0 unspecified atom stereocenters. The molecule has 0 radical (unpaired) electrons. The maximum absolute atomic E-state index is 12.7. The van der Waals surface area contributed by atoms with Gasteiger partial charge in [-0.2, -0.15) is 5.10 Å². The van der Waals surface area contributed by atoms with Crippen LogP contribution in [0.25, 0.3) is 16.9 Å². The molecule has 41 heavy (non-hydrogen) atoms. The van der Waals surface area contributed by atoms with E-state index in [2.05, 4.69) is 34.5 Å². The number of likely N-dealkylation sites (tertiary alicyclic amines) is 1. The van der Waals surface area contributed by atoms with Crippen LogP contribution in [0.2, 0.25) is 5.02 Å². The number of carbonyl (C=O) groups excluding carboxylic acids is 1. The molecule has 1 aliphatic rings. The van der Waals surface area contributed by atoms with Crippen LogP contribution in [0, 0.1) is 0 Å². The third kappa shape index (κ3) is 7.02. The van der Waals surface area contributed by atoms with E-state index in [9.17, 15) is 4.79 Å². The van der Waals surface area contributed by atoms with E-state index in [-0.39, 0.29) is 12.3 Å². The molecular weight excluding hydrogens is 530 g/mol. The topological polar surface area (TPSA) is 62.5 Å². The van der Waals surface area contributed by atoms with E-state index in [1.165, 1.54) is 50.0 Å². The maximum atomic E-state index is 12.7. The van der Waals surface area contributed by atoms with Gasteiger partial charge in [-0.25, -0.2) is 9.50 Å². The normalized spacial score (nSPS) is 13.6. The van der Waals surface area contributed by atoms with Crippen LogP contribution >= 0.6 is 11.6 Å². The Morgan fingerprint density at radius 2 is 1.63 bits per heavy atom. The molecule has 2 aromatic heterocycles. The number of hydrogen-bond donors (Lipinski definition) is 1. The zero-order chi connectivity index (χ0) is 28.0.